The van der Waals surface area contributed by atoms with Crippen LogP contribution in [0.15, 0.2) is 0 Å². The summed E-state index contributed by atoms with van der Waals surface area (Å²) in [6.07, 6.45) is -3.34. The minimum atomic E-state index is -4.11. The third-order valence-corrected chi connectivity index (χ3v) is 1.66. The zero-order valence-electron chi connectivity index (χ0n) is 7.70. The van der Waals surface area contributed by atoms with E-state index in [0.717, 1.165) is 13.3 Å². The summed E-state index contributed by atoms with van der Waals surface area (Å²) in [7, 11) is 0. The van der Waals surface area contributed by atoms with Crippen LogP contribution < -0.4 is 5.32 Å². The average Bonchev–Trinajstić information content (AvgIpc) is 1.84. The molecule has 0 aliphatic heterocycles. The number of hydrogen-bond acceptors (Lipinski definition) is 1. The number of alkyl halides is 3. The molecule has 0 unspecified atom stereocenters. The van der Waals surface area contributed by atoms with Crippen LogP contribution in [0.4, 0.5) is 13.2 Å². The molecule has 1 nitrogen and oxygen atoms in total. The predicted octanol–water partition coefficient (Wildman–Crippen LogP) is 2.57. The van der Waals surface area contributed by atoms with Gasteiger partial charge in [-0.05, 0) is 25.8 Å². The summed E-state index contributed by atoms with van der Waals surface area (Å²) in [5.74, 6) is 0.443. The summed E-state index contributed by atoms with van der Waals surface area (Å²) >= 11 is 0. The molecule has 0 heterocycles. The lowest BCUT2D eigenvalue weighted by Crippen LogP contribution is -2.40. The zero-order valence-corrected chi connectivity index (χ0v) is 7.70. The summed E-state index contributed by atoms with van der Waals surface area (Å²) in [5.41, 5.74) is 0. The van der Waals surface area contributed by atoms with Crippen LogP contribution in [-0.2, 0) is 0 Å². The molecule has 74 valence electrons. The monoisotopic (exact) mass is 183 g/mol. The first kappa shape index (κ1) is 11.8. The fourth-order valence-corrected chi connectivity index (χ4v) is 0.704. The van der Waals surface area contributed by atoms with Crippen molar-refractivity contribution in [3.63, 3.8) is 0 Å². The smallest absolute Gasteiger partial charge is 0.306 e. The van der Waals surface area contributed by atoms with Crippen molar-refractivity contribution in [2.75, 3.05) is 6.54 Å². The first-order chi connectivity index (χ1) is 5.34. The third-order valence-electron chi connectivity index (χ3n) is 1.66. The van der Waals surface area contributed by atoms with E-state index < -0.39 is 12.2 Å². The highest BCUT2D eigenvalue weighted by molar-refractivity contribution is 4.69. The Hall–Kier alpha value is -0.250. The van der Waals surface area contributed by atoms with Crippen molar-refractivity contribution in [1.29, 1.82) is 0 Å². The molecule has 1 atom stereocenters. The minimum absolute atomic E-state index is 0.429. The van der Waals surface area contributed by atoms with Crippen LogP contribution in [0.1, 0.15) is 27.2 Å². The van der Waals surface area contributed by atoms with Gasteiger partial charge in [0.2, 0.25) is 0 Å². The van der Waals surface area contributed by atoms with Crippen molar-refractivity contribution < 1.29 is 13.2 Å². The van der Waals surface area contributed by atoms with Gasteiger partial charge in [-0.1, -0.05) is 13.8 Å². The molecule has 0 aromatic carbocycles. The SMILES string of the molecule is CC(C)CCN[C@H](C)C(F)(F)F. The van der Waals surface area contributed by atoms with E-state index in [1.165, 1.54) is 0 Å². The number of rotatable bonds is 4. The van der Waals surface area contributed by atoms with Gasteiger partial charge < -0.3 is 5.32 Å². The van der Waals surface area contributed by atoms with Crippen LogP contribution in [0.2, 0.25) is 0 Å². The van der Waals surface area contributed by atoms with Gasteiger partial charge >= 0.3 is 6.18 Å². The number of nitrogens with one attached hydrogen (secondary N) is 1. The first-order valence-corrected chi connectivity index (χ1v) is 4.14. The van der Waals surface area contributed by atoms with Crippen molar-refractivity contribution in [3.8, 4) is 0 Å². The normalized spacial score (nSPS) is 15.2. The maximum absolute atomic E-state index is 11.9. The summed E-state index contributed by atoms with van der Waals surface area (Å²) in [5, 5.41) is 2.43. The van der Waals surface area contributed by atoms with Gasteiger partial charge in [-0.2, -0.15) is 13.2 Å². The Balaban J connectivity index is 3.51. The van der Waals surface area contributed by atoms with Gasteiger partial charge in [0.25, 0.3) is 0 Å². The second-order valence-corrected chi connectivity index (χ2v) is 3.40. The molecule has 1 N–H and O–H groups in total. The topological polar surface area (TPSA) is 12.0 Å². The molecule has 0 radical (unpaired) electrons. The largest absolute Gasteiger partial charge is 0.403 e. The van der Waals surface area contributed by atoms with E-state index in [4.69, 9.17) is 0 Å². The highest BCUT2D eigenvalue weighted by atomic mass is 19.4. The van der Waals surface area contributed by atoms with Gasteiger partial charge in [0, 0.05) is 0 Å². The molecule has 0 saturated heterocycles. The standard InChI is InChI=1S/C8H16F3N/c1-6(2)4-5-12-7(3)8(9,10)11/h6-7,12H,4-5H2,1-3H3/t7-/m1/s1. The highest BCUT2D eigenvalue weighted by Gasteiger charge is 2.35. The van der Waals surface area contributed by atoms with E-state index in [1.54, 1.807) is 0 Å². The summed E-state index contributed by atoms with van der Waals surface area (Å²) in [6.45, 7) is 5.54. The molecule has 0 aliphatic carbocycles. The van der Waals surface area contributed by atoms with Crippen LogP contribution in [0.5, 0.6) is 0 Å². The van der Waals surface area contributed by atoms with Crippen molar-refractivity contribution in [1.82, 2.24) is 5.32 Å². The predicted molar refractivity (Wildman–Crippen MR) is 43.0 cm³/mol. The Bertz CT molecular complexity index is 120. The molecule has 0 aromatic heterocycles. The van der Waals surface area contributed by atoms with Gasteiger partial charge in [0.15, 0.2) is 0 Å². The molecular formula is C8H16F3N. The lowest BCUT2D eigenvalue weighted by Gasteiger charge is -2.17. The minimum Gasteiger partial charge on any atom is -0.306 e. The summed E-state index contributed by atoms with van der Waals surface area (Å²) in [6, 6.07) is -1.39. The lowest BCUT2D eigenvalue weighted by molar-refractivity contribution is -0.151. The van der Waals surface area contributed by atoms with Crippen molar-refractivity contribution in [3.05, 3.63) is 0 Å². The first-order valence-electron chi connectivity index (χ1n) is 4.14. The fraction of sp³-hybridized carbons (Fsp3) is 1.00. The Morgan fingerprint density at radius 2 is 1.67 bits per heavy atom. The van der Waals surface area contributed by atoms with Crippen molar-refractivity contribution >= 4 is 0 Å². The third kappa shape index (κ3) is 5.41. The molecule has 0 saturated carbocycles. The molecule has 4 heteroatoms. The maximum Gasteiger partial charge on any atom is 0.403 e. The average molecular weight is 183 g/mol. The molecular weight excluding hydrogens is 167 g/mol. The molecule has 0 rings (SSSR count). The van der Waals surface area contributed by atoms with E-state index in [9.17, 15) is 13.2 Å². The van der Waals surface area contributed by atoms with Crippen molar-refractivity contribution in [2.45, 2.75) is 39.4 Å². The van der Waals surface area contributed by atoms with E-state index >= 15 is 0 Å². The Labute approximate surface area is 71.3 Å². The second kappa shape index (κ2) is 4.70. The van der Waals surface area contributed by atoms with E-state index in [1.807, 2.05) is 13.8 Å². The molecule has 0 aromatic rings. The van der Waals surface area contributed by atoms with Gasteiger partial charge in [-0.25, -0.2) is 0 Å². The van der Waals surface area contributed by atoms with Crippen LogP contribution in [0.25, 0.3) is 0 Å². The molecule has 0 spiro atoms. The maximum atomic E-state index is 11.9. The summed E-state index contributed by atoms with van der Waals surface area (Å²) in [4.78, 5) is 0. The molecule has 0 aliphatic rings. The molecule has 0 fully saturated rings. The van der Waals surface area contributed by atoms with Gasteiger partial charge in [-0.3, -0.25) is 0 Å². The van der Waals surface area contributed by atoms with Gasteiger partial charge in [0.05, 0.1) is 0 Å². The second-order valence-electron chi connectivity index (χ2n) is 3.40. The lowest BCUT2D eigenvalue weighted by atomic mass is 10.1. The fourth-order valence-electron chi connectivity index (χ4n) is 0.704. The quantitative estimate of drug-likeness (QED) is 0.706. The zero-order chi connectivity index (χ0) is 9.78. The van der Waals surface area contributed by atoms with Gasteiger partial charge in [-0.15, -0.1) is 0 Å². The molecule has 12 heavy (non-hydrogen) atoms. The summed E-state index contributed by atoms with van der Waals surface area (Å²) < 4.78 is 35.7. The van der Waals surface area contributed by atoms with E-state index in [2.05, 4.69) is 5.32 Å². The van der Waals surface area contributed by atoms with Crippen LogP contribution in [-0.4, -0.2) is 18.8 Å². The number of hydrogen-bond donors (Lipinski definition) is 1. The van der Waals surface area contributed by atoms with Gasteiger partial charge in [0.1, 0.15) is 6.04 Å². The van der Waals surface area contributed by atoms with Crippen LogP contribution in [0, 0.1) is 5.92 Å². The molecule has 0 bridgehead atoms. The van der Waals surface area contributed by atoms with E-state index in [0.29, 0.717) is 12.5 Å². The highest BCUT2D eigenvalue weighted by Crippen LogP contribution is 2.19. The Morgan fingerprint density at radius 3 is 2.00 bits per heavy atom. The van der Waals surface area contributed by atoms with Crippen LogP contribution >= 0.6 is 0 Å². The molecule has 0 amide bonds. The Kier molecular flexibility index (Phi) is 4.60. The Morgan fingerprint density at radius 1 is 1.17 bits per heavy atom. The van der Waals surface area contributed by atoms with E-state index in [-0.39, 0.29) is 0 Å². The van der Waals surface area contributed by atoms with Crippen molar-refractivity contribution in [2.24, 2.45) is 5.92 Å². The number of halogens is 3. The van der Waals surface area contributed by atoms with Crippen LogP contribution in [0.3, 0.4) is 0 Å².